The lowest BCUT2D eigenvalue weighted by Crippen LogP contribution is -2.54. The molecule has 31 heavy (non-hydrogen) atoms. The van der Waals surface area contributed by atoms with Gasteiger partial charge in [0, 0.05) is 17.1 Å². The molecule has 0 radical (unpaired) electrons. The van der Waals surface area contributed by atoms with Crippen molar-refractivity contribution in [3.05, 3.63) is 59.1 Å². The lowest BCUT2D eigenvalue weighted by Gasteiger charge is -2.33. The van der Waals surface area contributed by atoms with Gasteiger partial charge in [0.1, 0.15) is 17.5 Å². The van der Waals surface area contributed by atoms with Gasteiger partial charge in [-0.3, -0.25) is 9.59 Å². The highest BCUT2D eigenvalue weighted by Crippen LogP contribution is 2.19. The minimum atomic E-state index is -0.623. The summed E-state index contributed by atoms with van der Waals surface area (Å²) in [7, 11) is 1.58. The van der Waals surface area contributed by atoms with Crippen molar-refractivity contribution in [3.63, 3.8) is 0 Å². The number of hydrogen-bond donors (Lipinski definition) is 1. The van der Waals surface area contributed by atoms with Crippen LogP contribution in [0.25, 0.3) is 0 Å². The largest absolute Gasteiger partial charge is 0.497 e. The van der Waals surface area contributed by atoms with E-state index in [4.69, 9.17) is 21.1 Å². The average Bonchev–Trinajstić information content (AvgIpc) is 2.72. The van der Waals surface area contributed by atoms with E-state index in [1.807, 2.05) is 39.8 Å². The van der Waals surface area contributed by atoms with Crippen LogP contribution in [0.4, 0.5) is 0 Å². The summed E-state index contributed by atoms with van der Waals surface area (Å²) in [5.41, 5.74) is 0.475. The van der Waals surface area contributed by atoms with Crippen molar-refractivity contribution >= 4 is 23.4 Å². The number of rotatable bonds is 9. The summed E-state index contributed by atoms with van der Waals surface area (Å²) >= 11 is 5.99. The normalized spacial score (nSPS) is 12.1. The third-order valence-electron chi connectivity index (χ3n) is 4.57. The van der Waals surface area contributed by atoms with Crippen molar-refractivity contribution in [2.75, 3.05) is 13.7 Å². The summed E-state index contributed by atoms with van der Waals surface area (Å²) < 4.78 is 10.8. The van der Waals surface area contributed by atoms with Gasteiger partial charge in [-0.25, -0.2) is 0 Å². The van der Waals surface area contributed by atoms with Crippen molar-refractivity contribution in [2.45, 2.75) is 52.2 Å². The predicted octanol–water partition coefficient (Wildman–Crippen LogP) is 4.45. The molecule has 168 valence electrons. The summed E-state index contributed by atoms with van der Waals surface area (Å²) in [4.78, 5) is 27.7. The van der Waals surface area contributed by atoms with Gasteiger partial charge in [0.05, 0.1) is 7.11 Å². The lowest BCUT2D eigenvalue weighted by atomic mass is 10.1. The molecule has 0 bridgehead atoms. The number of nitrogens with zero attached hydrogens (tertiary/aromatic N) is 1. The molecular weight excluding hydrogens is 416 g/mol. The van der Waals surface area contributed by atoms with Crippen molar-refractivity contribution in [2.24, 2.45) is 0 Å². The van der Waals surface area contributed by atoms with Gasteiger partial charge >= 0.3 is 0 Å². The second-order valence-electron chi connectivity index (χ2n) is 8.28. The molecule has 0 fully saturated rings. The molecule has 1 atom stereocenters. The summed E-state index contributed by atoms with van der Waals surface area (Å²) in [6.45, 7) is 7.72. The molecule has 0 saturated carbocycles. The summed E-state index contributed by atoms with van der Waals surface area (Å²) in [6, 6.07) is 13.6. The fraction of sp³-hybridized carbons (Fsp3) is 0.417. The molecule has 0 aliphatic carbocycles. The van der Waals surface area contributed by atoms with Gasteiger partial charge in [0.25, 0.3) is 5.91 Å². The molecule has 1 unspecified atom stereocenters. The molecule has 6 nitrogen and oxygen atoms in total. The Bertz CT molecular complexity index is 861. The van der Waals surface area contributed by atoms with E-state index in [0.29, 0.717) is 22.9 Å². The SMILES string of the molecule is CCC(C(=O)NC(C)(C)C)N(Cc1ccc(Cl)cc1)C(=O)COc1ccc(OC)cc1. The van der Waals surface area contributed by atoms with Crippen LogP contribution in [0.1, 0.15) is 39.7 Å². The Morgan fingerprint density at radius 2 is 1.61 bits per heavy atom. The molecule has 2 rings (SSSR count). The van der Waals surface area contributed by atoms with Crippen LogP contribution in [0.2, 0.25) is 5.02 Å². The van der Waals surface area contributed by atoms with Gasteiger partial charge in [-0.2, -0.15) is 0 Å². The molecule has 2 amide bonds. The first-order chi connectivity index (χ1) is 14.6. The quantitative estimate of drug-likeness (QED) is 0.617. The highest BCUT2D eigenvalue weighted by molar-refractivity contribution is 6.30. The fourth-order valence-corrected chi connectivity index (χ4v) is 3.18. The van der Waals surface area contributed by atoms with Crippen molar-refractivity contribution in [1.29, 1.82) is 0 Å². The van der Waals surface area contributed by atoms with E-state index >= 15 is 0 Å². The van der Waals surface area contributed by atoms with Crippen molar-refractivity contribution < 1.29 is 19.1 Å². The second-order valence-corrected chi connectivity index (χ2v) is 8.71. The van der Waals surface area contributed by atoms with Crippen LogP contribution in [0.15, 0.2) is 48.5 Å². The molecule has 0 heterocycles. The van der Waals surface area contributed by atoms with Crippen LogP contribution in [0, 0.1) is 0 Å². The maximum atomic E-state index is 13.2. The van der Waals surface area contributed by atoms with Gasteiger partial charge in [0.2, 0.25) is 5.91 Å². The Kier molecular flexibility index (Phi) is 8.75. The zero-order valence-electron chi connectivity index (χ0n) is 18.8. The smallest absolute Gasteiger partial charge is 0.261 e. The first-order valence-corrected chi connectivity index (χ1v) is 10.6. The van der Waals surface area contributed by atoms with E-state index < -0.39 is 11.6 Å². The number of benzene rings is 2. The summed E-state index contributed by atoms with van der Waals surface area (Å²) in [5.74, 6) is 0.782. The third kappa shape index (κ3) is 7.79. The standard InChI is InChI=1S/C24H31ClN2O4/c1-6-21(23(29)26-24(2,3)4)27(15-17-7-9-18(25)10-8-17)22(28)16-31-20-13-11-19(30-5)12-14-20/h7-14,21H,6,15-16H2,1-5H3,(H,26,29). The van der Waals surface area contributed by atoms with E-state index in [1.54, 1.807) is 48.4 Å². The van der Waals surface area contributed by atoms with Crippen LogP contribution in [-0.2, 0) is 16.1 Å². The van der Waals surface area contributed by atoms with Crippen LogP contribution in [0.3, 0.4) is 0 Å². The fourth-order valence-electron chi connectivity index (χ4n) is 3.06. The molecule has 2 aromatic rings. The van der Waals surface area contributed by atoms with Crippen LogP contribution in [-0.4, -0.2) is 42.0 Å². The highest BCUT2D eigenvalue weighted by atomic mass is 35.5. The van der Waals surface area contributed by atoms with Gasteiger partial charge in [-0.1, -0.05) is 30.7 Å². The maximum absolute atomic E-state index is 13.2. The van der Waals surface area contributed by atoms with Gasteiger partial charge in [0.15, 0.2) is 6.61 Å². The molecule has 0 aliphatic heterocycles. The molecule has 7 heteroatoms. The first kappa shape index (κ1) is 24.5. The van der Waals surface area contributed by atoms with Crippen LogP contribution >= 0.6 is 11.6 Å². The minimum absolute atomic E-state index is 0.181. The second kappa shape index (κ2) is 11.0. The van der Waals surface area contributed by atoms with Gasteiger partial charge in [-0.15, -0.1) is 0 Å². The van der Waals surface area contributed by atoms with Gasteiger partial charge < -0.3 is 19.7 Å². The molecular formula is C24H31ClN2O4. The van der Waals surface area contributed by atoms with Crippen LogP contribution < -0.4 is 14.8 Å². The number of ether oxygens (including phenoxy) is 2. The monoisotopic (exact) mass is 446 g/mol. The zero-order valence-corrected chi connectivity index (χ0v) is 19.5. The van der Waals surface area contributed by atoms with Crippen molar-refractivity contribution in [3.8, 4) is 11.5 Å². The summed E-state index contributed by atoms with van der Waals surface area (Å²) in [6.07, 6.45) is 0.476. The molecule has 0 aliphatic rings. The molecule has 0 spiro atoms. The van der Waals surface area contributed by atoms with E-state index in [1.165, 1.54) is 0 Å². The Hall–Kier alpha value is -2.73. The Morgan fingerprint density at radius 3 is 2.13 bits per heavy atom. The molecule has 0 saturated heterocycles. The minimum Gasteiger partial charge on any atom is -0.497 e. The summed E-state index contributed by atoms with van der Waals surface area (Å²) in [5, 5.41) is 3.59. The lowest BCUT2D eigenvalue weighted by molar-refractivity contribution is -0.143. The Morgan fingerprint density at radius 1 is 1.03 bits per heavy atom. The number of carbonyl (C=O) groups is 2. The average molecular weight is 447 g/mol. The Labute approximate surface area is 189 Å². The number of nitrogens with one attached hydrogen (secondary N) is 1. The van der Waals surface area contributed by atoms with E-state index in [0.717, 1.165) is 5.56 Å². The number of carbonyl (C=O) groups excluding carboxylic acids is 2. The maximum Gasteiger partial charge on any atom is 0.261 e. The predicted molar refractivity (Wildman–Crippen MR) is 122 cm³/mol. The third-order valence-corrected chi connectivity index (χ3v) is 4.82. The number of halogens is 1. The topological polar surface area (TPSA) is 67.9 Å². The molecule has 1 N–H and O–H groups in total. The van der Waals surface area contributed by atoms with E-state index in [2.05, 4.69) is 5.32 Å². The van der Waals surface area contributed by atoms with Gasteiger partial charge in [-0.05, 0) is 69.2 Å². The van der Waals surface area contributed by atoms with E-state index in [-0.39, 0.29) is 25.0 Å². The number of amides is 2. The van der Waals surface area contributed by atoms with Crippen molar-refractivity contribution in [1.82, 2.24) is 10.2 Å². The number of methoxy groups -OCH3 is 1. The zero-order chi connectivity index (χ0) is 23.0. The molecule has 2 aromatic carbocycles. The molecule has 0 aromatic heterocycles. The number of hydrogen-bond acceptors (Lipinski definition) is 4. The first-order valence-electron chi connectivity index (χ1n) is 10.3. The Balaban J connectivity index is 2.20. The highest BCUT2D eigenvalue weighted by Gasteiger charge is 2.30. The van der Waals surface area contributed by atoms with Crippen LogP contribution in [0.5, 0.6) is 11.5 Å². The van der Waals surface area contributed by atoms with E-state index in [9.17, 15) is 9.59 Å².